The molecule has 0 saturated heterocycles. The molecule has 3 N–H and O–H groups in total. The standard InChI is InChI=1S/C17H20N2O5/c1-11-5-6-14(23-2)12(10-11)19-17(22)16(21)18-8-7-13(20)15-4-3-9-24-15/h3-6,9-10,13,20H,7-8H2,1-2H3,(H,18,21)(H,19,22)/t13-/m0/s1. The van der Waals surface area contributed by atoms with Crippen LogP contribution in [0.4, 0.5) is 5.69 Å². The van der Waals surface area contributed by atoms with Crippen LogP contribution in [0.2, 0.25) is 0 Å². The summed E-state index contributed by atoms with van der Waals surface area (Å²) < 4.78 is 10.2. The topological polar surface area (TPSA) is 101 Å². The number of benzene rings is 1. The van der Waals surface area contributed by atoms with Gasteiger partial charge in [0.2, 0.25) is 0 Å². The second-order valence-corrected chi connectivity index (χ2v) is 5.23. The molecule has 2 aromatic rings. The van der Waals surface area contributed by atoms with Crippen molar-refractivity contribution in [1.29, 1.82) is 0 Å². The number of ether oxygens (including phenoxy) is 1. The normalized spacial score (nSPS) is 11.6. The molecule has 1 aromatic heterocycles. The van der Waals surface area contributed by atoms with E-state index in [4.69, 9.17) is 9.15 Å². The van der Waals surface area contributed by atoms with Gasteiger partial charge in [0.25, 0.3) is 0 Å². The van der Waals surface area contributed by atoms with E-state index in [9.17, 15) is 14.7 Å². The molecule has 0 aliphatic rings. The minimum Gasteiger partial charge on any atom is -0.495 e. The Balaban J connectivity index is 1.84. The van der Waals surface area contributed by atoms with Crippen LogP contribution in [0.3, 0.4) is 0 Å². The maximum Gasteiger partial charge on any atom is 0.313 e. The van der Waals surface area contributed by atoms with Gasteiger partial charge < -0.3 is 24.9 Å². The molecular weight excluding hydrogens is 312 g/mol. The first-order valence-corrected chi connectivity index (χ1v) is 7.46. The average Bonchev–Trinajstić information content (AvgIpc) is 3.09. The summed E-state index contributed by atoms with van der Waals surface area (Å²) in [7, 11) is 1.48. The molecule has 0 unspecified atom stereocenters. The van der Waals surface area contributed by atoms with Crippen molar-refractivity contribution in [3.05, 3.63) is 47.9 Å². The Labute approximate surface area is 139 Å². The van der Waals surface area contributed by atoms with E-state index < -0.39 is 17.9 Å². The Kier molecular flexibility index (Phi) is 5.97. The van der Waals surface area contributed by atoms with Crippen LogP contribution in [0.25, 0.3) is 0 Å². The fraction of sp³-hybridized carbons (Fsp3) is 0.294. The van der Waals surface area contributed by atoms with Crippen LogP contribution >= 0.6 is 0 Å². The van der Waals surface area contributed by atoms with Crippen molar-refractivity contribution >= 4 is 17.5 Å². The van der Waals surface area contributed by atoms with Crippen LogP contribution in [0.1, 0.15) is 23.8 Å². The Bertz CT molecular complexity index is 697. The van der Waals surface area contributed by atoms with Crippen molar-refractivity contribution in [2.24, 2.45) is 0 Å². The minimum absolute atomic E-state index is 0.138. The van der Waals surface area contributed by atoms with Crippen LogP contribution in [0, 0.1) is 6.92 Å². The highest BCUT2D eigenvalue weighted by molar-refractivity contribution is 6.39. The summed E-state index contributed by atoms with van der Waals surface area (Å²) in [6.07, 6.45) is 0.861. The molecule has 24 heavy (non-hydrogen) atoms. The highest BCUT2D eigenvalue weighted by Crippen LogP contribution is 2.25. The molecule has 1 atom stereocenters. The van der Waals surface area contributed by atoms with Gasteiger partial charge >= 0.3 is 11.8 Å². The molecule has 0 spiro atoms. The molecule has 2 amide bonds. The number of hydrogen-bond acceptors (Lipinski definition) is 5. The van der Waals surface area contributed by atoms with E-state index in [2.05, 4.69) is 10.6 Å². The number of aliphatic hydroxyl groups excluding tert-OH is 1. The van der Waals surface area contributed by atoms with Crippen molar-refractivity contribution in [2.75, 3.05) is 19.0 Å². The number of rotatable bonds is 6. The third-order valence-corrected chi connectivity index (χ3v) is 3.38. The van der Waals surface area contributed by atoms with Crippen molar-refractivity contribution in [3.8, 4) is 5.75 Å². The summed E-state index contributed by atoms with van der Waals surface area (Å²) in [5.41, 5.74) is 1.35. The van der Waals surface area contributed by atoms with Gasteiger partial charge in [-0.1, -0.05) is 6.07 Å². The lowest BCUT2D eigenvalue weighted by atomic mass is 10.2. The van der Waals surface area contributed by atoms with Crippen molar-refractivity contribution in [2.45, 2.75) is 19.4 Å². The maximum absolute atomic E-state index is 11.9. The van der Waals surface area contributed by atoms with E-state index in [-0.39, 0.29) is 13.0 Å². The lowest BCUT2D eigenvalue weighted by Gasteiger charge is -2.12. The zero-order valence-electron chi connectivity index (χ0n) is 13.5. The molecule has 0 bridgehead atoms. The molecule has 0 saturated carbocycles. The van der Waals surface area contributed by atoms with Crippen molar-refractivity contribution in [3.63, 3.8) is 0 Å². The minimum atomic E-state index is -0.833. The summed E-state index contributed by atoms with van der Waals surface area (Å²) in [4.78, 5) is 23.8. The summed E-state index contributed by atoms with van der Waals surface area (Å²) in [5.74, 6) is -0.704. The predicted octanol–water partition coefficient (Wildman–Crippen LogP) is 1.78. The largest absolute Gasteiger partial charge is 0.495 e. The van der Waals surface area contributed by atoms with Gasteiger partial charge in [-0.15, -0.1) is 0 Å². The highest BCUT2D eigenvalue weighted by atomic mass is 16.5. The molecular formula is C17H20N2O5. The molecule has 128 valence electrons. The average molecular weight is 332 g/mol. The van der Waals surface area contributed by atoms with Crippen LogP contribution in [-0.2, 0) is 9.59 Å². The molecule has 1 heterocycles. The second-order valence-electron chi connectivity index (χ2n) is 5.23. The van der Waals surface area contributed by atoms with Gasteiger partial charge in [-0.05, 0) is 43.2 Å². The Hall–Kier alpha value is -2.80. The maximum atomic E-state index is 11.9. The smallest absolute Gasteiger partial charge is 0.313 e. The summed E-state index contributed by atoms with van der Waals surface area (Å²) in [6.45, 7) is 2.00. The fourth-order valence-corrected chi connectivity index (χ4v) is 2.12. The zero-order valence-corrected chi connectivity index (χ0v) is 13.5. The number of nitrogens with one attached hydrogen (secondary N) is 2. The monoisotopic (exact) mass is 332 g/mol. The number of anilines is 1. The number of aryl methyl sites for hydroxylation is 1. The number of hydrogen-bond donors (Lipinski definition) is 3. The Morgan fingerprint density at radius 2 is 2.08 bits per heavy atom. The molecule has 0 aliphatic heterocycles. The van der Waals surface area contributed by atoms with Crippen molar-refractivity contribution < 1.29 is 23.8 Å². The first-order valence-electron chi connectivity index (χ1n) is 7.46. The Morgan fingerprint density at radius 3 is 2.75 bits per heavy atom. The molecule has 7 nitrogen and oxygen atoms in total. The summed E-state index contributed by atoms with van der Waals surface area (Å²) in [6, 6.07) is 8.57. The molecule has 2 rings (SSSR count). The highest BCUT2D eigenvalue weighted by Gasteiger charge is 2.17. The van der Waals surface area contributed by atoms with Crippen LogP contribution in [0.15, 0.2) is 41.0 Å². The van der Waals surface area contributed by atoms with Gasteiger partial charge in [0.15, 0.2) is 0 Å². The van der Waals surface area contributed by atoms with E-state index in [0.717, 1.165) is 5.56 Å². The number of methoxy groups -OCH3 is 1. The van der Waals surface area contributed by atoms with Crippen molar-refractivity contribution in [1.82, 2.24) is 5.32 Å². The number of amides is 2. The fourth-order valence-electron chi connectivity index (χ4n) is 2.12. The first-order chi connectivity index (χ1) is 11.5. The second kappa shape index (κ2) is 8.16. The summed E-state index contributed by atoms with van der Waals surface area (Å²) >= 11 is 0. The SMILES string of the molecule is COc1ccc(C)cc1NC(=O)C(=O)NCC[C@H](O)c1ccco1. The Morgan fingerprint density at radius 1 is 1.29 bits per heavy atom. The molecule has 1 aromatic carbocycles. The molecule has 7 heteroatoms. The number of furan rings is 1. The quantitative estimate of drug-likeness (QED) is 0.700. The van der Waals surface area contributed by atoms with Gasteiger partial charge in [0, 0.05) is 6.54 Å². The van der Waals surface area contributed by atoms with E-state index in [1.54, 1.807) is 24.3 Å². The van der Waals surface area contributed by atoms with Gasteiger partial charge in [-0.3, -0.25) is 9.59 Å². The predicted molar refractivity (Wildman–Crippen MR) is 87.7 cm³/mol. The van der Waals surface area contributed by atoms with Crippen LogP contribution in [0.5, 0.6) is 5.75 Å². The van der Waals surface area contributed by atoms with E-state index in [1.807, 2.05) is 13.0 Å². The lowest BCUT2D eigenvalue weighted by molar-refractivity contribution is -0.136. The third kappa shape index (κ3) is 4.60. The summed E-state index contributed by atoms with van der Waals surface area (Å²) in [5, 5.41) is 14.8. The number of carbonyl (C=O) groups excluding carboxylic acids is 2. The van der Waals surface area contributed by atoms with E-state index in [1.165, 1.54) is 13.4 Å². The van der Waals surface area contributed by atoms with Crippen LogP contribution in [-0.4, -0.2) is 30.6 Å². The molecule has 0 aliphatic carbocycles. The van der Waals surface area contributed by atoms with E-state index >= 15 is 0 Å². The van der Waals surface area contributed by atoms with Gasteiger partial charge in [0.1, 0.15) is 17.6 Å². The number of aliphatic hydroxyl groups is 1. The van der Waals surface area contributed by atoms with Crippen LogP contribution < -0.4 is 15.4 Å². The third-order valence-electron chi connectivity index (χ3n) is 3.38. The molecule has 0 radical (unpaired) electrons. The lowest BCUT2D eigenvalue weighted by Crippen LogP contribution is -2.36. The van der Waals surface area contributed by atoms with Gasteiger partial charge in [0.05, 0.1) is 19.1 Å². The van der Waals surface area contributed by atoms with Gasteiger partial charge in [-0.2, -0.15) is 0 Å². The van der Waals surface area contributed by atoms with Gasteiger partial charge in [-0.25, -0.2) is 0 Å². The van der Waals surface area contributed by atoms with E-state index in [0.29, 0.717) is 17.2 Å². The number of carbonyl (C=O) groups is 2. The zero-order chi connectivity index (χ0) is 17.5. The molecule has 0 fully saturated rings. The first kappa shape index (κ1) is 17.6.